The number of halogens is 3. The molecule has 1 fully saturated rings. The van der Waals surface area contributed by atoms with E-state index in [4.69, 9.17) is 4.74 Å². The molecular formula is C17H20F3N2O4. The predicted octanol–water partition coefficient (Wildman–Crippen LogP) is 2.73. The largest absolute Gasteiger partial charge is 0.573 e. The number of carbonyl (C=O) groups excluding carboxylic acids is 2. The zero-order valence-electron chi connectivity index (χ0n) is 14.3. The van der Waals surface area contributed by atoms with E-state index in [2.05, 4.69) is 9.64 Å². The van der Waals surface area contributed by atoms with Crippen LogP contribution in [-0.2, 0) is 16.1 Å². The van der Waals surface area contributed by atoms with Gasteiger partial charge in [0.05, 0.1) is 0 Å². The predicted molar refractivity (Wildman–Crippen MR) is 86.2 cm³/mol. The molecule has 0 saturated carbocycles. The summed E-state index contributed by atoms with van der Waals surface area (Å²) in [6.45, 7) is 4.15. The molecule has 9 heteroatoms. The third-order valence-electron chi connectivity index (χ3n) is 4.09. The van der Waals surface area contributed by atoms with Gasteiger partial charge >= 0.3 is 12.5 Å². The molecule has 1 aliphatic heterocycles. The molecule has 1 amide bonds. The van der Waals surface area contributed by atoms with Crippen LogP contribution in [0.4, 0.5) is 18.0 Å². The molecule has 0 N–H and O–H groups in total. The number of alkyl halides is 3. The van der Waals surface area contributed by atoms with Crippen molar-refractivity contribution in [3.8, 4) is 5.75 Å². The highest BCUT2D eigenvalue weighted by molar-refractivity contribution is 5.67. The Morgan fingerprint density at radius 2 is 1.81 bits per heavy atom. The summed E-state index contributed by atoms with van der Waals surface area (Å²) in [6, 6.07) is 5.23. The van der Waals surface area contributed by atoms with Crippen molar-refractivity contribution in [3.63, 3.8) is 0 Å². The number of benzene rings is 1. The highest BCUT2D eigenvalue weighted by atomic mass is 19.4. The van der Waals surface area contributed by atoms with Crippen molar-refractivity contribution in [3.05, 3.63) is 29.8 Å². The average molecular weight is 373 g/mol. The number of piperazine rings is 1. The van der Waals surface area contributed by atoms with Crippen LogP contribution in [0, 0.1) is 0 Å². The number of hydrogen-bond acceptors (Lipinski definition) is 5. The second-order valence-corrected chi connectivity index (χ2v) is 5.97. The molecule has 1 aliphatic rings. The fourth-order valence-corrected chi connectivity index (χ4v) is 2.62. The van der Waals surface area contributed by atoms with Gasteiger partial charge in [0, 0.05) is 38.6 Å². The van der Waals surface area contributed by atoms with Crippen LogP contribution in [0.5, 0.6) is 5.75 Å². The van der Waals surface area contributed by atoms with E-state index >= 15 is 0 Å². The van der Waals surface area contributed by atoms with Crippen molar-refractivity contribution in [1.82, 2.24) is 9.80 Å². The van der Waals surface area contributed by atoms with Crippen molar-refractivity contribution in [2.45, 2.75) is 32.4 Å². The summed E-state index contributed by atoms with van der Waals surface area (Å²) in [5.41, 5.74) is 0.557. The Bertz CT molecular complexity index is 599. The molecule has 143 valence electrons. The molecule has 0 bridgehead atoms. The lowest BCUT2D eigenvalue weighted by atomic mass is 10.2. The lowest BCUT2D eigenvalue weighted by Crippen LogP contribution is -2.51. The van der Waals surface area contributed by atoms with E-state index in [1.165, 1.54) is 24.3 Å². The normalized spacial score (nSPS) is 16.8. The zero-order valence-corrected chi connectivity index (χ0v) is 14.3. The van der Waals surface area contributed by atoms with E-state index in [1.807, 2.05) is 13.2 Å². The lowest BCUT2D eigenvalue weighted by Gasteiger charge is -2.36. The van der Waals surface area contributed by atoms with Crippen molar-refractivity contribution >= 4 is 12.4 Å². The average Bonchev–Trinajstić information content (AvgIpc) is 2.60. The van der Waals surface area contributed by atoms with Gasteiger partial charge in [-0.15, -0.1) is 13.2 Å². The Hall–Kier alpha value is -2.29. The molecule has 0 aromatic heterocycles. The van der Waals surface area contributed by atoms with Gasteiger partial charge in [0.2, 0.25) is 0 Å². The van der Waals surface area contributed by atoms with E-state index in [-0.39, 0.29) is 18.4 Å². The maximum atomic E-state index is 12.1. The van der Waals surface area contributed by atoms with Gasteiger partial charge in [-0.25, -0.2) is 4.79 Å². The van der Waals surface area contributed by atoms with Crippen LogP contribution in [-0.4, -0.2) is 60.8 Å². The molecule has 0 spiro atoms. The quantitative estimate of drug-likeness (QED) is 0.767. The standard InChI is InChI=1S/C17H20F3N2O4/c1-13(6-11-23)21-7-9-22(10-8-21)16(24)25-12-14-2-4-15(5-3-14)26-17(18,19)20/h2-5,13H,6-10,12H2,1H3. The number of hydrogen-bond donors (Lipinski definition) is 0. The van der Waals surface area contributed by atoms with E-state index in [1.54, 1.807) is 4.90 Å². The summed E-state index contributed by atoms with van der Waals surface area (Å²) in [6.07, 6.45) is -3.00. The van der Waals surface area contributed by atoms with Gasteiger partial charge in [0.1, 0.15) is 12.4 Å². The van der Waals surface area contributed by atoms with Crippen LogP contribution in [0.3, 0.4) is 0 Å². The third kappa shape index (κ3) is 6.21. The minimum absolute atomic E-state index is 0.0398. The fourth-order valence-electron chi connectivity index (χ4n) is 2.62. The molecule has 1 aromatic rings. The van der Waals surface area contributed by atoms with Crippen LogP contribution in [0.1, 0.15) is 18.9 Å². The molecule has 0 aliphatic carbocycles. The molecule has 1 heterocycles. The molecule has 26 heavy (non-hydrogen) atoms. The molecule has 6 nitrogen and oxygen atoms in total. The third-order valence-corrected chi connectivity index (χ3v) is 4.09. The van der Waals surface area contributed by atoms with Crippen LogP contribution in [0.25, 0.3) is 0 Å². The molecule has 1 radical (unpaired) electrons. The van der Waals surface area contributed by atoms with E-state index in [9.17, 15) is 22.8 Å². The molecule has 1 aromatic carbocycles. The Labute approximate surface area is 149 Å². The van der Waals surface area contributed by atoms with Crippen LogP contribution >= 0.6 is 0 Å². The SMILES string of the molecule is CC(C[C]=O)N1CCN(C(=O)OCc2ccc(OC(F)(F)F)cc2)CC1. The van der Waals surface area contributed by atoms with Gasteiger partial charge in [0.15, 0.2) is 6.29 Å². The monoisotopic (exact) mass is 373 g/mol. The first-order valence-electron chi connectivity index (χ1n) is 8.14. The topological polar surface area (TPSA) is 59.1 Å². The first-order chi connectivity index (χ1) is 12.3. The number of nitrogens with zero attached hydrogens (tertiary/aromatic N) is 2. The van der Waals surface area contributed by atoms with Crippen LogP contribution in [0.2, 0.25) is 0 Å². The fraction of sp³-hybridized carbons (Fsp3) is 0.529. The van der Waals surface area contributed by atoms with Gasteiger partial charge in [-0.1, -0.05) is 12.1 Å². The minimum atomic E-state index is -4.74. The zero-order chi connectivity index (χ0) is 19.2. The van der Waals surface area contributed by atoms with Gasteiger partial charge < -0.3 is 14.4 Å². The van der Waals surface area contributed by atoms with Gasteiger partial charge in [-0.2, -0.15) is 0 Å². The smallest absolute Gasteiger partial charge is 0.445 e. The minimum Gasteiger partial charge on any atom is -0.445 e. The van der Waals surface area contributed by atoms with Gasteiger partial charge in [-0.05, 0) is 24.6 Å². The number of carbonyl (C=O) groups is 1. The van der Waals surface area contributed by atoms with Crippen molar-refractivity contribution in [2.24, 2.45) is 0 Å². The van der Waals surface area contributed by atoms with Crippen molar-refractivity contribution in [2.75, 3.05) is 26.2 Å². The molecule has 1 saturated heterocycles. The Morgan fingerprint density at radius 3 is 2.35 bits per heavy atom. The first-order valence-corrected chi connectivity index (χ1v) is 8.14. The van der Waals surface area contributed by atoms with Crippen molar-refractivity contribution in [1.29, 1.82) is 0 Å². The first kappa shape index (κ1) is 20.0. The second-order valence-electron chi connectivity index (χ2n) is 5.97. The summed E-state index contributed by atoms with van der Waals surface area (Å²) < 4.78 is 45.3. The molecule has 1 atom stereocenters. The second kappa shape index (κ2) is 8.88. The molecular weight excluding hydrogens is 353 g/mol. The highest BCUT2D eigenvalue weighted by Crippen LogP contribution is 2.23. The molecule has 1 unspecified atom stereocenters. The van der Waals surface area contributed by atoms with Gasteiger partial charge in [-0.3, -0.25) is 9.69 Å². The maximum Gasteiger partial charge on any atom is 0.573 e. The van der Waals surface area contributed by atoms with E-state index in [0.29, 0.717) is 38.2 Å². The number of ether oxygens (including phenoxy) is 2. The van der Waals surface area contributed by atoms with E-state index in [0.717, 1.165) is 0 Å². The summed E-state index contributed by atoms with van der Waals surface area (Å²) in [5.74, 6) is -0.328. The van der Waals surface area contributed by atoms with E-state index < -0.39 is 12.5 Å². The summed E-state index contributed by atoms with van der Waals surface area (Å²) in [5, 5.41) is 0. The van der Waals surface area contributed by atoms with Crippen molar-refractivity contribution < 1.29 is 32.2 Å². The number of rotatable bonds is 6. The Morgan fingerprint density at radius 1 is 1.19 bits per heavy atom. The summed E-state index contributed by atoms with van der Waals surface area (Å²) in [4.78, 5) is 26.2. The Balaban J connectivity index is 1.76. The summed E-state index contributed by atoms with van der Waals surface area (Å²) in [7, 11) is 0. The van der Waals surface area contributed by atoms with Gasteiger partial charge in [0.25, 0.3) is 0 Å². The highest BCUT2D eigenvalue weighted by Gasteiger charge is 2.31. The molecule has 2 rings (SSSR count). The lowest BCUT2D eigenvalue weighted by molar-refractivity contribution is -0.274. The number of amides is 1. The maximum absolute atomic E-state index is 12.1. The summed E-state index contributed by atoms with van der Waals surface area (Å²) >= 11 is 0. The Kier molecular flexibility index (Phi) is 6.84. The van der Waals surface area contributed by atoms with Crippen LogP contribution in [0.15, 0.2) is 24.3 Å². The van der Waals surface area contributed by atoms with Crippen LogP contribution < -0.4 is 4.74 Å².